The Morgan fingerprint density at radius 1 is 1.37 bits per heavy atom. The van der Waals surface area contributed by atoms with Crippen LogP contribution in [0.15, 0.2) is 29.3 Å². The number of halogens is 1. The van der Waals surface area contributed by atoms with Crippen LogP contribution in [0.25, 0.3) is 0 Å². The number of nitrogens with zero attached hydrogens (tertiary/aromatic N) is 1. The summed E-state index contributed by atoms with van der Waals surface area (Å²) in [7, 11) is 0. The molecule has 3 rings (SSSR count). The summed E-state index contributed by atoms with van der Waals surface area (Å²) in [6, 6.07) is 7.38. The summed E-state index contributed by atoms with van der Waals surface area (Å²) in [5.74, 6) is 0.739. The van der Waals surface area contributed by atoms with Gasteiger partial charge < -0.3 is 10.6 Å². The molecule has 1 aliphatic carbocycles. The molecule has 1 aromatic carbocycles. The minimum Gasteiger partial charge on any atom is -0.356 e. The Labute approximate surface area is 113 Å². The highest BCUT2D eigenvalue weighted by Crippen LogP contribution is 2.43. The smallest absolute Gasteiger partial charge is 0.191 e. The third-order valence-corrected chi connectivity index (χ3v) is 4.27. The van der Waals surface area contributed by atoms with Crippen LogP contribution in [-0.2, 0) is 5.41 Å². The highest BCUT2D eigenvalue weighted by Gasteiger charge is 2.38. The number of nitrogens with one attached hydrogen (secondary N) is 2. The number of rotatable bonds is 3. The third-order valence-electron chi connectivity index (χ3n) is 4.27. The first-order valence-electron chi connectivity index (χ1n) is 6.99. The molecule has 1 aromatic rings. The molecule has 1 saturated carbocycles. The summed E-state index contributed by atoms with van der Waals surface area (Å²) in [5, 5.41) is 6.73. The summed E-state index contributed by atoms with van der Waals surface area (Å²) in [6.07, 6.45) is 3.57. The fraction of sp³-hybridized carbons (Fsp3) is 0.533. The Balaban J connectivity index is 1.68. The lowest BCUT2D eigenvalue weighted by Gasteiger charge is -2.42. The second kappa shape index (κ2) is 4.83. The average molecular weight is 261 g/mol. The molecular formula is C15H20FN3. The van der Waals surface area contributed by atoms with Crippen LogP contribution in [0, 0.1) is 5.82 Å². The van der Waals surface area contributed by atoms with Crippen molar-refractivity contribution in [3.63, 3.8) is 0 Å². The van der Waals surface area contributed by atoms with Gasteiger partial charge in [0.1, 0.15) is 5.82 Å². The van der Waals surface area contributed by atoms with E-state index >= 15 is 0 Å². The van der Waals surface area contributed by atoms with Crippen molar-refractivity contribution < 1.29 is 4.39 Å². The number of hydrogen-bond donors (Lipinski definition) is 2. The molecule has 0 amide bonds. The second-order valence-corrected chi connectivity index (χ2v) is 5.73. The Morgan fingerprint density at radius 2 is 2.11 bits per heavy atom. The minimum absolute atomic E-state index is 0.156. The van der Waals surface area contributed by atoms with Crippen molar-refractivity contribution in [1.29, 1.82) is 0 Å². The van der Waals surface area contributed by atoms with Gasteiger partial charge in [-0.2, -0.15) is 0 Å². The van der Waals surface area contributed by atoms with Gasteiger partial charge in [0.25, 0.3) is 0 Å². The third kappa shape index (κ3) is 2.44. The zero-order valence-corrected chi connectivity index (χ0v) is 11.2. The Bertz CT molecular complexity index is 477. The molecule has 1 aliphatic heterocycles. The van der Waals surface area contributed by atoms with Crippen LogP contribution in [-0.4, -0.2) is 25.1 Å². The van der Waals surface area contributed by atoms with Crippen LogP contribution in [0.1, 0.15) is 31.7 Å². The van der Waals surface area contributed by atoms with Gasteiger partial charge in [-0.3, -0.25) is 4.99 Å². The molecule has 19 heavy (non-hydrogen) atoms. The van der Waals surface area contributed by atoms with Gasteiger partial charge in [-0.1, -0.05) is 18.6 Å². The molecule has 1 fully saturated rings. The first-order valence-corrected chi connectivity index (χ1v) is 6.99. The molecule has 4 heteroatoms. The van der Waals surface area contributed by atoms with Crippen molar-refractivity contribution in [2.24, 2.45) is 4.99 Å². The van der Waals surface area contributed by atoms with Crippen LogP contribution in [0.5, 0.6) is 0 Å². The lowest BCUT2D eigenvalue weighted by Crippen LogP contribution is -2.48. The van der Waals surface area contributed by atoms with Crippen molar-refractivity contribution in [3.05, 3.63) is 35.6 Å². The molecule has 3 nitrogen and oxygen atoms in total. The van der Waals surface area contributed by atoms with E-state index in [9.17, 15) is 4.39 Å². The van der Waals surface area contributed by atoms with Crippen molar-refractivity contribution >= 4 is 5.96 Å². The molecule has 2 aliphatic rings. The highest BCUT2D eigenvalue weighted by atomic mass is 19.1. The Morgan fingerprint density at radius 3 is 2.63 bits per heavy atom. The normalized spacial score (nSPS) is 24.3. The summed E-state index contributed by atoms with van der Waals surface area (Å²) < 4.78 is 13.0. The van der Waals surface area contributed by atoms with Crippen LogP contribution >= 0.6 is 0 Å². The molecule has 0 radical (unpaired) electrons. The first kappa shape index (κ1) is 12.5. The molecule has 0 spiro atoms. The van der Waals surface area contributed by atoms with Crippen molar-refractivity contribution in [2.75, 3.05) is 13.1 Å². The summed E-state index contributed by atoms with van der Waals surface area (Å²) in [4.78, 5) is 4.42. The van der Waals surface area contributed by atoms with E-state index in [2.05, 4.69) is 22.5 Å². The standard InChI is InChI=1S/C15H20FN3/c1-11-9-17-14(19-11)18-10-15(7-2-8-15)12-3-5-13(16)6-4-12/h3-6,11H,2,7-10H2,1H3,(H2,17,18,19). The minimum atomic E-state index is -0.165. The molecule has 1 unspecified atom stereocenters. The monoisotopic (exact) mass is 261 g/mol. The molecule has 0 bridgehead atoms. The van der Waals surface area contributed by atoms with Gasteiger partial charge in [0, 0.05) is 18.0 Å². The maximum atomic E-state index is 13.0. The fourth-order valence-electron chi connectivity index (χ4n) is 2.89. The Kier molecular flexibility index (Phi) is 3.17. The molecule has 0 aromatic heterocycles. The predicted molar refractivity (Wildman–Crippen MR) is 74.8 cm³/mol. The lowest BCUT2D eigenvalue weighted by atomic mass is 9.64. The fourth-order valence-corrected chi connectivity index (χ4v) is 2.89. The zero-order chi connectivity index (χ0) is 13.3. The highest BCUT2D eigenvalue weighted by molar-refractivity contribution is 5.81. The van der Waals surface area contributed by atoms with Crippen LogP contribution in [0.4, 0.5) is 4.39 Å². The van der Waals surface area contributed by atoms with E-state index in [4.69, 9.17) is 0 Å². The van der Waals surface area contributed by atoms with Crippen molar-refractivity contribution in [2.45, 2.75) is 37.6 Å². The first-order chi connectivity index (χ1) is 9.18. The van der Waals surface area contributed by atoms with Gasteiger partial charge in [-0.15, -0.1) is 0 Å². The SMILES string of the molecule is CC1CN=C(NCC2(c3ccc(F)cc3)CCC2)N1. The lowest BCUT2D eigenvalue weighted by molar-refractivity contribution is 0.244. The topological polar surface area (TPSA) is 36.4 Å². The summed E-state index contributed by atoms with van der Waals surface area (Å²) in [6.45, 7) is 3.83. The second-order valence-electron chi connectivity index (χ2n) is 5.73. The van der Waals surface area contributed by atoms with Crippen LogP contribution in [0.2, 0.25) is 0 Å². The van der Waals surface area contributed by atoms with Crippen molar-refractivity contribution in [1.82, 2.24) is 10.6 Å². The molecule has 2 N–H and O–H groups in total. The zero-order valence-electron chi connectivity index (χ0n) is 11.2. The largest absolute Gasteiger partial charge is 0.356 e. The summed E-state index contributed by atoms with van der Waals surface area (Å²) in [5.41, 5.74) is 1.39. The molecule has 0 saturated heterocycles. The Hall–Kier alpha value is -1.58. The van der Waals surface area contributed by atoms with Crippen molar-refractivity contribution in [3.8, 4) is 0 Å². The van der Waals surface area contributed by atoms with Gasteiger partial charge in [-0.05, 0) is 37.5 Å². The van der Waals surface area contributed by atoms with E-state index in [1.54, 1.807) is 12.1 Å². The maximum absolute atomic E-state index is 13.0. The van der Waals surface area contributed by atoms with E-state index in [1.807, 2.05) is 12.1 Å². The molecular weight excluding hydrogens is 241 g/mol. The van der Waals surface area contributed by atoms with E-state index in [0.717, 1.165) is 31.9 Å². The number of hydrogen-bond acceptors (Lipinski definition) is 3. The van der Waals surface area contributed by atoms with Crippen LogP contribution < -0.4 is 10.6 Å². The number of aliphatic imine (C=N–C) groups is 1. The average Bonchev–Trinajstić information content (AvgIpc) is 2.76. The van der Waals surface area contributed by atoms with E-state index < -0.39 is 0 Å². The molecule has 102 valence electrons. The van der Waals surface area contributed by atoms with Gasteiger partial charge in [0.2, 0.25) is 0 Å². The van der Waals surface area contributed by atoms with Gasteiger partial charge in [0.05, 0.1) is 6.54 Å². The van der Waals surface area contributed by atoms with E-state index in [0.29, 0.717) is 6.04 Å². The van der Waals surface area contributed by atoms with Gasteiger partial charge in [0.15, 0.2) is 5.96 Å². The summed E-state index contributed by atoms with van der Waals surface area (Å²) >= 11 is 0. The maximum Gasteiger partial charge on any atom is 0.191 e. The van der Waals surface area contributed by atoms with Gasteiger partial charge >= 0.3 is 0 Å². The number of benzene rings is 1. The van der Waals surface area contributed by atoms with E-state index in [1.165, 1.54) is 12.0 Å². The molecule has 1 atom stereocenters. The van der Waals surface area contributed by atoms with Gasteiger partial charge in [-0.25, -0.2) is 4.39 Å². The number of guanidine groups is 1. The van der Waals surface area contributed by atoms with E-state index in [-0.39, 0.29) is 11.2 Å². The van der Waals surface area contributed by atoms with Crippen LogP contribution in [0.3, 0.4) is 0 Å². The predicted octanol–water partition coefficient (Wildman–Crippen LogP) is 2.18. The molecule has 1 heterocycles. The quantitative estimate of drug-likeness (QED) is 0.875.